The Balaban J connectivity index is 2.34. The molecular formula is C14H21FN2O. The van der Waals surface area contributed by atoms with Gasteiger partial charge >= 0.3 is 0 Å². The van der Waals surface area contributed by atoms with Crippen molar-refractivity contribution in [2.24, 2.45) is 0 Å². The van der Waals surface area contributed by atoms with Crippen LogP contribution in [0.3, 0.4) is 0 Å². The summed E-state index contributed by atoms with van der Waals surface area (Å²) in [6.07, 6.45) is 8.35. The molecule has 1 aliphatic carbocycles. The molecule has 0 aliphatic heterocycles. The van der Waals surface area contributed by atoms with Crippen LogP contribution in [-0.2, 0) is 4.74 Å². The minimum Gasteiger partial charge on any atom is -0.376 e. The van der Waals surface area contributed by atoms with Gasteiger partial charge in [-0.05, 0) is 26.0 Å². The van der Waals surface area contributed by atoms with Crippen LogP contribution in [0.15, 0.2) is 18.5 Å². The summed E-state index contributed by atoms with van der Waals surface area (Å²) in [7, 11) is 3.59. The van der Waals surface area contributed by atoms with E-state index in [1.54, 1.807) is 19.4 Å². The molecule has 1 saturated carbocycles. The van der Waals surface area contributed by atoms with Gasteiger partial charge in [0, 0.05) is 18.9 Å². The van der Waals surface area contributed by atoms with Gasteiger partial charge in [-0.2, -0.15) is 0 Å². The van der Waals surface area contributed by atoms with Crippen LogP contribution in [0.5, 0.6) is 0 Å². The van der Waals surface area contributed by atoms with Gasteiger partial charge < -0.3 is 10.1 Å². The second-order valence-electron chi connectivity index (χ2n) is 4.95. The highest BCUT2D eigenvalue weighted by atomic mass is 19.1. The summed E-state index contributed by atoms with van der Waals surface area (Å²) >= 11 is 0. The third-order valence-corrected chi connectivity index (χ3v) is 4.04. The normalized spacial score (nSPS) is 20.6. The molecule has 0 bridgehead atoms. The summed E-state index contributed by atoms with van der Waals surface area (Å²) in [6, 6.07) is 1.62. The van der Waals surface area contributed by atoms with E-state index in [9.17, 15) is 4.39 Å². The molecule has 100 valence electrons. The molecule has 0 saturated heterocycles. The highest BCUT2D eigenvalue weighted by Gasteiger charge is 2.41. The fourth-order valence-electron chi connectivity index (χ4n) is 3.08. The van der Waals surface area contributed by atoms with Crippen molar-refractivity contribution in [2.45, 2.75) is 43.7 Å². The van der Waals surface area contributed by atoms with Crippen LogP contribution in [0, 0.1) is 5.82 Å². The van der Waals surface area contributed by atoms with Crippen molar-refractivity contribution in [1.29, 1.82) is 0 Å². The number of hydrogen-bond acceptors (Lipinski definition) is 3. The van der Waals surface area contributed by atoms with Gasteiger partial charge in [-0.15, -0.1) is 0 Å². The number of nitrogens with zero attached hydrogens (tertiary/aromatic N) is 1. The summed E-state index contributed by atoms with van der Waals surface area (Å²) in [4.78, 5) is 3.81. The standard InChI is InChI=1S/C14H21FN2O/c1-16-13(11-6-9-17-10-12(11)15)14(18-2)7-4-3-5-8-14/h6,9-10,13,16H,3-5,7-8H2,1-2H3. The maximum atomic E-state index is 13.9. The molecule has 1 fully saturated rings. The molecule has 1 heterocycles. The number of pyridine rings is 1. The van der Waals surface area contributed by atoms with Crippen molar-refractivity contribution in [2.75, 3.05) is 14.2 Å². The minimum absolute atomic E-state index is 0.120. The maximum absolute atomic E-state index is 13.9. The summed E-state index contributed by atoms with van der Waals surface area (Å²) < 4.78 is 19.7. The van der Waals surface area contributed by atoms with Gasteiger partial charge in [-0.25, -0.2) is 4.39 Å². The van der Waals surface area contributed by atoms with E-state index in [4.69, 9.17) is 4.74 Å². The van der Waals surface area contributed by atoms with E-state index < -0.39 is 0 Å². The Labute approximate surface area is 108 Å². The SMILES string of the molecule is CNC(c1ccncc1F)C1(OC)CCCCC1. The Kier molecular flexibility index (Phi) is 4.30. The molecule has 18 heavy (non-hydrogen) atoms. The summed E-state index contributed by atoms with van der Waals surface area (Å²) in [5.74, 6) is -0.265. The van der Waals surface area contributed by atoms with E-state index in [0.717, 1.165) is 25.7 Å². The van der Waals surface area contributed by atoms with Gasteiger partial charge in [0.2, 0.25) is 0 Å². The zero-order chi connectivity index (χ0) is 13.0. The molecule has 0 amide bonds. The second kappa shape index (κ2) is 5.76. The number of likely N-dealkylation sites (N-methyl/N-ethyl adjacent to an activating group) is 1. The van der Waals surface area contributed by atoms with E-state index in [1.807, 2.05) is 7.05 Å². The maximum Gasteiger partial charge on any atom is 0.146 e. The van der Waals surface area contributed by atoms with Crippen LogP contribution in [0.25, 0.3) is 0 Å². The smallest absolute Gasteiger partial charge is 0.146 e. The molecule has 1 aromatic heterocycles. The van der Waals surface area contributed by atoms with E-state index in [0.29, 0.717) is 5.56 Å². The van der Waals surface area contributed by atoms with Crippen molar-refractivity contribution in [3.8, 4) is 0 Å². The molecule has 3 nitrogen and oxygen atoms in total. The van der Waals surface area contributed by atoms with Gasteiger partial charge in [-0.3, -0.25) is 4.98 Å². The van der Waals surface area contributed by atoms with Crippen LogP contribution in [-0.4, -0.2) is 24.7 Å². The minimum atomic E-state index is -0.296. The lowest BCUT2D eigenvalue weighted by Gasteiger charge is -2.42. The van der Waals surface area contributed by atoms with Crippen molar-refractivity contribution >= 4 is 0 Å². The van der Waals surface area contributed by atoms with Gasteiger partial charge in [0.25, 0.3) is 0 Å². The molecule has 1 aromatic rings. The third-order valence-electron chi connectivity index (χ3n) is 4.04. The Morgan fingerprint density at radius 3 is 2.67 bits per heavy atom. The van der Waals surface area contributed by atoms with Crippen LogP contribution in [0.2, 0.25) is 0 Å². The highest BCUT2D eigenvalue weighted by Crippen LogP contribution is 2.41. The van der Waals surface area contributed by atoms with Crippen molar-refractivity contribution < 1.29 is 9.13 Å². The number of hydrogen-bond donors (Lipinski definition) is 1. The van der Waals surface area contributed by atoms with E-state index in [1.165, 1.54) is 12.6 Å². The zero-order valence-electron chi connectivity index (χ0n) is 11.1. The zero-order valence-corrected chi connectivity index (χ0v) is 11.1. The molecule has 0 aromatic carbocycles. The Morgan fingerprint density at radius 2 is 2.11 bits per heavy atom. The highest BCUT2D eigenvalue weighted by molar-refractivity contribution is 5.22. The fraction of sp³-hybridized carbons (Fsp3) is 0.643. The molecule has 0 radical (unpaired) electrons. The molecule has 4 heteroatoms. The van der Waals surface area contributed by atoms with Crippen LogP contribution in [0.4, 0.5) is 4.39 Å². The predicted octanol–water partition coefficient (Wildman–Crippen LogP) is 2.83. The second-order valence-corrected chi connectivity index (χ2v) is 4.95. The Hall–Kier alpha value is -1.00. The van der Waals surface area contributed by atoms with Crippen LogP contribution in [0.1, 0.15) is 43.7 Å². The van der Waals surface area contributed by atoms with E-state index >= 15 is 0 Å². The summed E-state index contributed by atoms with van der Waals surface area (Å²) in [6.45, 7) is 0. The number of aromatic nitrogens is 1. The lowest BCUT2D eigenvalue weighted by molar-refractivity contribution is -0.0678. The van der Waals surface area contributed by atoms with E-state index in [-0.39, 0.29) is 17.5 Å². The van der Waals surface area contributed by atoms with Gasteiger partial charge in [0.05, 0.1) is 17.8 Å². The average molecular weight is 252 g/mol. The average Bonchev–Trinajstić information content (AvgIpc) is 2.43. The van der Waals surface area contributed by atoms with Crippen LogP contribution >= 0.6 is 0 Å². The molecule has 0 spiro atoms. The number of rotatable bonds is 4. The number of methoxy groups -OCH3 is 1. The van der Waals surface area contributed by atoms with E-state index in [2.05, 4.69) is 10.3 Å². The topological polar surface area (TPSA) is 34.2 Å². The largest absolute Gasteiger partial charge is 0.376 e. The molecular weight excluding hydrogens is 231 g/mol. The van der Waals surface area contributed by atoms with Crippen LogP contribution < -0.4 is 5.32 Å². The molecule has 1 atom stereocenters. The van der Waals surface area contributed by atoms with Crippen molar-refractivity contribution in [3.63, 3.8) is 0 Å². The summed E-state index contributed by atoms with van der Waals surface area (Å²) in [5, 5.41) is 3.23. The molecule has 2 rings (SSSR count). The summed E-state index contributed by atoms with van der Waals surface area (Å²) in [5.41, 5.74) is 0.353. The van der Waals surface area contributed by atoms with Gasteiger partial charge in [-0.1, -0.05) is 19.3 Å². The first kappa shape index (κ1) is 13.4. The first-order valence-corrected chi connectivity index (χ1v) is 6.55. The van der Waals surface area contributed by atoms with Crippen molar-refractivity contribution in [1.82, 2.24) is 10.3 Å². The third kappa shape index (κ3) is 2.40. The lowest BCUT2D eigenvalue weighted by Crippen LogP contribution is -2.46. The van der Waals surface area contributed by atoms with Crippen molar-refractivity contribution in [3.05, 3.63) is 29.8 Å². The first-order chi connectivity index (χ1) is 8.73. The quantitative estimate of drug-likeness (QED) is 0.894. The fourth-order valence-corrected chi connectivity index (χ4v) is 3.08. The Bertz CT molecular complexity index is 391. The number of halogens is 1. The molecule has 1 N–H and O–H groups in total. The number of nitrogens with one attached hydrogen (secondary N) is 1. The predicted molar refractivity (Wildman–Crippen MR) is 68.8 cm³/mol. The monoisotopic (exact) mass is 252 g/mol. The first-order valence-electron chi connectivity index (χ1n) is 6.55. The Morgan fingerprint density at radius 1 is 1.39 bits per heavy atom. The number of ether oxygens (including phenoxy) is 1. The van der Waals surface area contributed by atoms with Gasteiger partial charge in [0.1, 0.15) is 5.82 Å². The molecule has 1 unspecified atom stereocenters. The van der Waals surface area contributed by atoms with Gasteiger partial charge in [0.15, 0.2) is 0 Å². The molecule has 1 aliphatic rings. The lowest BCUT2D eigenvalue weighted by atomic mass is 9.76.